The zero-order valence-electron chi connectivity index (χ0n) is 10.8. The molecular weight excluding hydrogens is 228 g/mol. The summed E-state index contributed by atoms with van der Waals surface area (Å²) in [4.78, 5) is 10.4. The highest BCUT2D eigenvalue weighted by Crippen LogP contribution is 2.22. The van der Waals surface area contributed by atoms with Gasteiger partial charge in [-0.2, -0.15) is 0 Å². The average Bonchev–Trinajstić information content (AvgIpc) is 2.38. The van der Waals surface area contributed by atoms with Gasteiger partial charge in [-0.05, 0) is 24.9 Å². The smallest absolute Gasteiger partial charge is 0.269 e. The van der Waals surface area contributed by atoms with Crippen molar-refractivity contribution in [3.8, 4) is 0 Å². The quantitative estimate of drug-likeness (QED) is 0.331. The topological polar surface area (TPSA) is 55.2 Å². The molecule has 1 rings (SSSR count). The van der Waals surface area contributed by atoms with E-state index in [2.05, 4.69) is 18.8 Å². The highest BCUT2D eigenvalue weighted by molar-refractivity contribution is 5.35. The summed E-state index contributed by atoms with van der Waals surface area (Å²) in [7, 11) is 0. The van der Waals surface area contributed by atoms with Gasteiger partial charge in [-0.25, -0.2) is 0 Å². The molecule has 1 unspecified atom stereocenters. The molecule has 98 valence electrons. The van der Waals surface area contributed by atoms with Crippen LogP contribution in [0.25, 0.3) is 0 Å². The van der Waals surface area contributed by atoms with Crippen LogP contribution in [-0.4, -0.2) is 11.5 Å². The Kier molecular flexibility index (Phi) is 6.08. The lowest BCUT2D eigenvalue weighted by molar-refractivity contribution is -0.384. The second-order valence-corrected chi connectivity index (χ2v) is 4.22. The van der Waals surface area contributed by atoms with Crippen molar-refractivity contribution in [2.45, 2.75) is 32.2 Å². The minimum atomic E-state index is -0.351. The summed E-state index contributed by atoms with van der Waals surface area (Å²) in [5.41, 5.74) is 1.13. The third-order valence-electron chi connectivity index (χ3n) is 2.80. The molecule has 18 heavy (non-hydrogen) atoms. The maximum atomic E-state index is 10.8. The SMILES string of the molecule is C=CCCNC(CCC)c1cccc([N+](=O)[O-])c1. The van der Waals surface area contributed by atoms with Crippen LogP contribution in [-0.2, 0) is 0 Å². The summed E-state index contributed by atoms with van der Waals surface area (Å²) in [5.74, 6) is 0. The van der Waals surface area contributed by atoms with E-state index in [4.69, 9.17) is 0 Å². The monoisotopic (exact) mass is 248 g/mol. The van der Waals surface area contributed by atoms with Crippen LogP contribution < -0.4 is 5.32 Å². The number of hydrogen-bond donors (Lipinski definition) is 1. The molecule has 0 saturated carbocycles. The summed E-state index contributed by atoms with van der Waals surface area (Å²) in [6.45, 7) is 6.64. The second-order valence-electron chi connectivity index (χ2n) is 4.22. The van der Waals surface area contributed by atoms with E-state index < -0.39 is 0 Å². The lowest BCUT2D eigenvalue weighted by Crippen LogP contribution is -2.22. The first kappa shape index (κ1) is 14.4. The van der Waals surface area contributed by atoms with E-state index in [1.165, 1.54) is 6.07 Å². The van der Waals surface area contributed by atoms with Crippen molar-refractivity contribution in [2.75, 3.05) is 6.54 Å². The van der Waals surface area contributed by atoms with Crippen molar-refractivity contribution in [2.24, 2.45) is 0 Å². The number of hydrogen-bond acceptors (Lipinski definition) is 3. The van der Waals surface area contributed by atoms with Crippen LogP contribution in [0.15, 0.2) is 36.9 Å². The Hall–Kier alpha value is -1.68. The van der Waals surface area contributed by atoms with E-state index in [1.54, 1.807) is 12.1 Å². The Bertz CT molecular complexity index is 405. The molecule has 0 saturated heterocycles. The first-order valence-corrected chi connectivity index (χ1v) is 6.27. The molecule has 0 spiro atoms. The van der Waals surface area contributed by atoms with E-state index in [0.717, 1.165) is 31.4 Å². The molecule has 1 aromatic carbocycles. The van der Waals surface area contributed by atoms with Gasteiger partial charge in [-0.15, -0.1) is 6.58 Å². The van der Waals surface area contributed by atoms with Crippen LogP contribution in [0.5, 0.6) is 0 Å². The van der Waals surface area contributed by atoms with Gasteiger partial charge in [0.05, 0.1) is 4.92 Å². The predicted molar refractivity (Wildman–Crippen MR) is 73.6 cm³/mol. The number of benzene rings is 1. The first-order chi connectivity index (χ1) is 8.69. The van der Waals surface area contributed by atoms with Crippen LogP contribution in [0.3, 0.4) is 0 Å². The van der Waals surface area contributed by atoms with Crippen molar-refractivity contribution in [3.63, 3.8) is 0 Å². The molecule has 0 bridgehead atoms. The van der Waals surface area contributed by atoms with Crippen molar-refractivity contribution < 1.29 is 4.92 Å². The molecule has 4 nitrogen and oxygen atoms in total. The van der Waals surface area contributed by atoms with E-state index in [9.17, 15) is 10.1 Å². The summed E-state index contributed by atoms with van der Waals surface area (Å²) < 4.78 is 0. The molecule has 0 radical (unpaired) electrons. The molecular formula is C14H20N2O2. The van der Waals surface area contributed by atoms with Crippen molar-refractivity contribution in [3.05, 3.63) is 52.6 Å². The Morgan fingerprint density at radius 2 is 2.33 bits per heavy atom. The molecule has 1 atom stereocenters. The molecule has 0 aliphatic rings. The van der Waals surface area contributed by atoms with Crippen LogP contribution in [0.4, 0.5) is 5.69 Å². The third-order valence-corrected chi connectivity index (χ3v) is 2.80. The predicted octanol–water partition coefficient (Wildman–Crippen LogP) is 3.60. The van der Waals surface area contributed by atoms with Crippen molar-refractivity contribution in [1.29, 1.82) is 0 Å². The zero-order chi connectivity index (χ0) is 13.4. The lowest BCUT2D eigenvalue weighted by Gasteiger charge is -2.18. The fraction of sp³-hybridized carbons (Fsp3) is 0.429. The average molecular weight is 248 g/mol. The van der Waals surface area contributed by atoms with Gasteiger partial charge in [-0.1, -0.05) is 31.6 Å². The van der Waals surface area contributed by atoms with Crippen LogP contribution in [0.2, 0.25) is 0 Å². The molecule has 0 amide bonds. The molecule has 4 heteroatoms. The highest BCUT2D eigenvalue weighted by Gasteiger charge is 2.13. The number of non-ortho nitro benzene ring substituents is 1. The number of nitrogens with zero attached hydrogens (tertiary/aromatic N) is 1. The Balaban J connectivity index is 2.80. The fourth-order valence-electron chi connectivity index (χ4n) is 1.89. The molecule has 0 fully saturated rings. The summed E-state index contributed by atoms with van der Waals surface area (Å²) in [6.07, 6.45) is 4.77. The summed E-state index contributed by atoms with van der Waals surface area (Å²) in [6, 6.07) is 7.03. The van der Waals surface area contributed by atoms with E-state index in [-0.39, 0.29) is 16.7 Å². The minimum Gasteiger partial charge on any atom is -0.310 e. The molecule has 0 aliphatic carbocycles. The lowest BCUT2D eigenvalue weighted by atomic mass is 10.0. The summed E-state index contributed by atoms with van der Waals surface area (Å²) in [5, 5.41) is 14.2. The zero-order valence-corrected chi connectivity index (χ0v) is 10.8. The van der Waals surface area contributed by atoms with Gasteiger partial charge >= 0.3 is 0 Å². The van der Waals surface area contributed by atoms with Crippen molar-refractivity contribution in [1.82, 2.24) is 5.32 Å². The highest BCUT2D eigenvalue weighted by atomic mass is 16.6. The first-order valence-electron chi connectivity index (χ1n) is 6.27. The summed E-state index contributed by atoms with van der Waals surface area (Å²) >= 11 is 0. The molecule has 1 aromatic rings. The van der Waals surface area contributed by atoms with Gasteiger partial charge in [0.1, 0.15) is 0 Å². The fourth-order valence-corrected chi connectivity index (χ4v) is 1.89. The Labute approximate surface area is 108 Å². The van der Waals surface area contributed by atoms with Gasteiger partial charge in [0.2, 0.25) is 0 Å². The number of nitrogens with one attached hydrogen (secondary N) is 1. The normalized spacial score (nSPS) is 12.1. The van der Waals surface area contributed by atoms with Gasteiger partial charge in [0.15, 0.2) is 0 Å². The van der Waals surface area contributed by atoms with E-state index in [0.29, 0.717) is 0 Å². The van der Waals surface area contributed by atoms with Crippen molar-refractivity contribution >= 4 is 5.69 Å². The number of rotatable bonds is 8. The standard InChI is InChI=1S/C14H20N2O2/c1-3-5-10-15-14(7-4-2)12-8-6-9-13(11-12)16(17)18/h3,6,8-9,11,14-15H,1,4-5,7,10H2,2H3. The maximum Gasteiger partial charge on any atom is 0.269 e. The number of nitro groups is 1. The molecule has 0 heterocycles. The van der Waals surface area contributed by atoms with Gasteiger partial charge in [-0.3, -0.25) is 10.1 Å². The van der Waals surface area contributed by atoms with Crippen LogP contribution in [0.1, 0.15) is 37.8 Å². The van der Waals surface area contributed by atoms with E-state index in [1.807, 2.05) is 12.1 Å². The van der Waals surface area contributed by atoms with Crippen LogP contribution >= 0.6 is 0 Å². The largest absolute Gasteiger partial charge is 0.310 e. The Morgan fingerprint density at radius 3 is 2.94 bits per heavy atom. The second kappa shape index (κ2) is 7.61. The molecule has 1 N–H and O–H groups in total. The van der Waals surface area contributed by atoms with Gasteiger partial charge < -0.3 is 5.32 Å². The Morgan fingerprint density at radius 1 is 1.56 bits per heavy atom. The minimum absolute atomic E-state index is 0.152. The maximum absolute atomic E-state index is 10.8. The van der Waals surface area contributed by atoms with Crippen LogP contribution in [0, 0.1) is 10.1 Å². The number of nitro benzene ring substituents is 1. The molecule has 0 aromatic heterocycles. The van der Waals surface area contributed by atoms with Gasteiger partial charge in [0.25, 0.3) is 5.69 Å². The third kappa shape index (κ3) is 4.30. The van der Waals surface area contributed by atoms with E-state index >= 15 is 0 Å². The molecule has 0 aliphatic heterocycles. The van der Waals surface area contributed by atoms with Gasteiger partial charge in [0, 0.05) is 18.2 Å².